The molecule has 0 atom stereocenters. The SMILES string of the molecule is O=[N+]([O-])c1cc(S(=O)(=O)NCC2CCCC2)ccc1O. The Balaban J connectivity index is 2.16. The van der Waals surface area contributed by atoms with Gasteiger partial charge in [0.2, 0.25) is 10.0 Å². The number of phenols is 1. The predicted octanol–water partition coefficient (Wildman–Crippen LogP) is 1.77. The van der Waals surface area contributed by atoms with Gasteiger partial charge in [0, 0.05) is 12.6 Å². The van der Waals surface area contributed by atoms with E-state index in [2.05, 4.69) is 4.72 Å². The summed E-state index contributed by atoms with van der Waals surface area (Å²) in [4.78, 5) is 9.68. The Morgan fingerprint density at radius 2 is 2.00 bits per heavy atom. The van der Waals surface area contributed by atoms with Crippen molar-refractivity contribution in [1.29, 1.82) is 0 Å². The number of nitro benzene ring substituents is 1. The summed E-state index contributed by atoms with van der Waals surface area (Å²) in [7, 11) is -3.79. The molecule has 0 spiro atoms. The molecule has 1 aliphatic rings. The van der Waals surface area contributed by atoms with E-state index in [1.165, 1.54) is 0 Å². The Hall–Kier alpha value is -1.67. The molecule has 1 aromatic carbocycles. The second-order valence-corrected chi connectivity index (χ2v) is 6.68. The van der Waals surface area contributed by atoms with Crippen LogP contribution in [0.1, 0.15) is 25.7 Å². The predicted molar refractivity (Wildman–Crippen MR) is 71.9 cm³/mol. The van der Waals surface area contributed by atoms with Gasteiger partial charge in [-0.1, -0.05) is 12.8 Å². The van der Waals surface area contributed by atoms with Gasteiger partial charge in [0.15, 0.2) is 5.75 Å². The van der Waals surface area contributed by atoms with Crippen LogP contribution in [0.2, 0.25) is 0 Å². The zero-order chi connectivity index (χ0) is 14.8. The molecule has 2 rings (SSSR count). The molecule has 0 unspecified atom stereocenters. The minimum absolute atomic E-state index is 0.208. The average molecular weight is 300 g/mol. The molecule has 0 bridgehead atoms. The van der Waals surface area contributed by atoms with Crippen LogP contribution in [0.25, 0.3) is 0 Å². The Labute approximate surface area is 116 Å². The number of rotatable bonds is 5. The van der Waals surface area contributed by atoms with Gasteiger partial charge in [-0.3, -0.25) is 10.1 Å². The van der Waals surface area contributed by atoms with Crippen molar-refractivity contribution in [2.45, 2.75) is 30.6 Å². The zero-order valence-corrected chi connectivity index (χ0v) is 11.6. The van der Waals surface area contributed by atoms with Crippen LogP contribution in [0.3, 0.4) is 0 Å². The fourth-order valence-electron chi connectivity index (χ4n) is 2.34. The topological polar surface area (TPSA) is 110 Å². The summed E-state index contributed by atoms with van der Waals surface area (Å²) < 4.78 is 26.6. The Morgan fingerprint density at radius 1 is 1.35 bits per heavy atom. The molecule has 7 nitrogen and oxygen atoms in total. The van der Waals surface area contributed by atoms with Crippen LogP contribution >= 0.6 is 0 Å². The first-order valence-corrected chi connectivity index (χ1v) is 7.85. The molecule has 0 saturated heterocycles. The number of hydrogen-bond donors (Lipinski definition) is 2. The van der Waals surface area contributed by atoms with Crippen molar-refractivity contribution in [2.75, 3.05) is 6.54 Å². The Morgan fingerprint density at radius 3 is 2.60 bits per heavy atom. The summed E-state index contributed by atoms with van der Waals surface area (Å²) in [5, 5.41) is 20.0. The van der Waals surface area contributed by atoms with Gasteiger partial charge >= 0.3 is 5.69 Å². The Kier molecular flexibility index (Phi) is 4.24. The van der Waals surface area contributed by atoms with Crippen molar-refractivity contribution in [3.05, 3.63) is 28.3 Å². The lowest BCUT2D eigenvalue weighted by Gasteiger charge is -2.11. The van der Waals surface area contributed by atoms with Crippen LogP contribution in [-0.4, -0.2) is 25.0 Å². The third kappa shape index (κ3) is 3.26. The summed E-state index contributed by atoms with van der Waals surface area (Å²) >= 11 is 0. The smallest absolute Gasteiger partial charge is 0.312 e. The molecule has 110 valence electrons. The first kappa shape index (κ1) is 14.7. The van der Waals surface area contributed by atoms with E-state index in [1.807, 2.05) is 0 Å². The molecular weight excluding hydrogens is 284 g/mol. The highest BCUT2D eigenvalue weighted by molar-refractivity contribution is 7.89. The van der Waals surface area contributed by atoms with E-state index in [0.29, 0.717) is 12.5 Å². The van der Waals surface area contributed by atoms with Crippen LogP contribution in [0.5, 0.6) is 5.75 Å². The number of hydrogen-bond acceptors (Lipinski definition) is 5. The van der Waals surface area contributed by atoms with E-state index in [-0.39, 0.29) is 4.90 Å². The lowest BCUT2D eigenvalue weighted by atomic mass is 10.1. The van der Waals surface area contributed by atoms with Gasteiger partial charge in [0.05, 0.1) is 9.82 Å². The average Bonchev–Trinajstić information content (AvgIpc) is 2.89. The quantitative estimate of drug-likeness (QED) is 0.636. The van der Waals surface area contributed by atoms with Gasteiger partial charge in [0.1, 0.15) is 0 Å². The summed E-state index contributed by atoms with van der Waals surface area (Å²) in [6.07, 6.45) is 4.21. The van der Waals surface area contributed by atoms with Crippen LogP contribution < -0.4 is 4.72 Å². The van der Waals surface area contributed by atoms with Gasteiger partial charge in [-0.25, -0.2) is 13.1 Å². The molecule has 2 N–H and O–H groups in total. The summed E-state index contributed by atoms with van der Waals surface area (Å²) in [5.41, 5.74) is -0.617. The molecule has 0 aliphatic heterocycles. The van der Waals surface area contributed by atoms with Crippen LogP contribution in [-0.2, 0) is 10.0 Å². The molecular formula is C12H16N2O5S. The molecule has 1 saturated carbocycles. The fourth-order valence-corrected chi connectivity index (χ4v) is 3.48. The zero-order valence-electron chi connectivity index (χ0n) is 10.8. The maximum atomic E-state index is 12.1. The minimum Gasteiger partial charge on any atom is -0.502 e. The van der Waals surface area contributed by atoms with E-state index in [4.69, 9.17) is 0 Å². The molecule has 0 heterocycles. The van der Waals surface area contributed by atoms with Crippen molar-refractivity contribution >= 4 is 15.7 Å². The van der Waals surface area contributed by atoms with Crippen LogP contribution in [0.15, 0.2) is 23.1 Å². The molecule has 20 heavy (non-hydrogen) atoms. The number of phenolic OH excluding ortho intramolecular Hbond substituents is 1. The van der Waals surface area contributed by atoms with Crippen LogP contribution in [0.4, 0.5) is 5.69 Å². The summed E-state index contributed by atoms with van der Waals surface area (Å²) in [6.45, 7) is 0.344. The van der Waals surface area contributed by atoms with Crippen molar-refractivity contribution < 1.29 is 18.4 Å². The molecule has 1 fully saturated rings. The van der Waals surface area contributed by atoms with Crippen molar-refractivity contribution in [3.63, 3.8) is 0 Å². The largest absolute Gasteiger partial charge is 0.502 e. The number of nitrogens with one attached hydrogen (secondary N) is 1. The van der Waals surface area contributed by atoms with E-state index in [0.717, 1.165) is 43.9 Å². The lowest BCUT2D eigenvalue weighted by Crippen LogP contribution is -2.28. The summed E-state index contributed by atoms with van der Waals surface area (Å²) in [5.74, 6) is -0.221. The molecule has 8 heteroatoms. The number of sulfonamides is 1. The summed E-state index contributed by atoms with van der Waals surface area (Å²) in [6, 6.07) is 3.04. The monoisotopic (exact) mass is 300 g/mol. The van der Waals surface area contributed by atoms with Gasteiger partial charge in [-0.2, -0.15) is 0 Å². The van der Waals surface area contributed by atoms with E-state index in [1.54, 1.807) is 0 Å². The van der Waals surface area contributed by atoms with Gasteiger partial charge in [-0.15, -0.1) is 0 Å². The normalized spacial score (nSPS) is 16.4. The second-order valence-electron chi connectivity index (χ2n) is 4.91. The van der Waals surface area contributed by atoms with E-state index < -0.39 is 26.4 Å². The maximum Gasteiger partial charge on any atom is 0.312 e. The molecule has 1 aliphatic carbocycles. The second kappa shape index (κ2) is 5.76. The van der Waals surface area contributed by atoms with Crippen molar-refractivity contribution in [2.24, 2.45) is 5.92 Å². The third-order valence-corrected chi connectivity index (χ3v) is 4.91. The first-order chi connectivity index (χ1) is 9.40. The van der Waals surface area contributed by atoms with Crippen molar-refractivity contribution in [3.8, 4) is 5.75 Å². The highest BCUT2D eigenvalue weighted by atomic mass is 32.2. The number of benzene rings is 1. The fraction of sp³-hybridized carbons (Fsp3) is 0.500. The van der Waals surface area contributed by atoms with E-state index in [9.17, 15) is 23.6 Å². The maximum absolute atomic E-state index is 12.1. The molecule has 0 radical (unpaired) electrons. The van der Waals surface area contributed by atoms with Crippen LogP contribution in [0, 0.1) is 16.0 Å². The van der Waals surface area contributed by atoms with E-state index >= 15 is 0 Å². The third-order valence-electron chi connectivity index (χ3n) is 3.49. The highest BCUT2D eigenvalue weighted by Crippen LogP contribution is 2.28. The van der Waals surface area contributed by atoms with Crippen molar-refractivity contribution in [1.82, 2.24) is 4.72 Å². The number of aromatic hydroxyl groups is 1. The van der Waals surface area contributed by atoms with Gasteiger partial charge in [-0.05, 0) is 30.9 Å². The highest BCUT2D eigenvalue weighted by Gasteiger charge is 2.23. The first-order valence-electron chi connectivity index (χ1n) is 6.37. The molecule has 0 aromatic heterocycles. The number of nitrogens with zero attached hydrogens (tertiary/aromatic N) is 1. The Bertz CT molecular complexity index is 608. The van der Waals surface area contributed by atoms with Gasteiger partial charge < -0.3 is 5.11 Å². The lowest BCUT2D eigenvalue weighted by molar-refractivity contribution is -0.386. The standard InChI is InChI=1S/C12H16N2O5S/c15-12-6-5-10(7-11(12)14(16)17)20(18,19)13-8-9-3-1-2-4-9/h5-7,9,13,15H,1-4,8H2. The molecule has 0 amide bonds. The number of nitro groups is 1. The minimum atomic E-state index is -3.79. The van der Waals surface area contributed by atoms with Gasteiger partial charge in [0.25, 0.3) is 0 Å². The molecule has 1 aromatic rings.